The minimum atomic E-state index is -1.17. The fourth-order valence-corrected chi connectivity index (χ4v) is 2.55. The maximum atomic E-state index is 12.3. The van der Waals surface area contributed by atoms with Gasteiger partial charge in [0.1, 0.15) is 12.3 Å². The molecule has 0 aliphatic heterocycles. The second-order valence-electron chi connectivity index (χ2n) is 5.76. The molecule has 1 aromatic carbocycles. The summed E-state index contributed by atoms with van der Waals surface area (Å²) in [7, 11) is 1.61. The average Bonchev–Trinajstić information content (AvgIpc) is 3.31. The number of hydrogen-bond acceptors (Lipinski definition) is 5. The number of carbonyl (C=O) groups is 2. The first-order valence-corrected chi connectivity index (χ1v) is 7.63. The van der Waals surface area contributed by atoms with E-state index in [-0.39, 0.29) is 24.2 Å². The molecule has 0 saturated heterocycles. The molecular weight excluding hydrogens is 312 g/mol. The van der Waals surface area contributed by atoms with Crippen molar-refractivity contribution in [3.8, 4) is 5.75 Å². The average molecular weight is 330 g/mol. The van der Waals surface area contributed by atoms with Gasteiger partial charge in [-0.25, -0.2) is 9.48 Å². The van der Waals surface area contributed by atoms with E-state index in [0.717, 1.165) is 24.2 Å². The first-order chi connectivity index (χ1) is 11.6. The van der Waals surface area contributed by atoms with E-state index in [1.807, 2.05) is 24.3 Å². The molecule has 1 unspecified atom stereocenters. The summed E-state index contributed by atoms with van der Waals surface area (Å²) in [5, 5.41) is 19.0. The highest BCUT2D eigenvalue weighted by Gasteiger charge is 2.33. The summed E-state index contributed by atoms with van der Waals surface area (Å²) in [6, 6.07) is 7.56. The van der Waals surface area contributed by atoms with Gasteiger partial charge in [0, 0.05) is 0 Å². The van der Waals surface area contributed by atoms with E-state index >= 15 is 0 Å². The monoisotopic (exact) mass is 330 g/mol. The fraction of sp³-hybridized carbons (Fsp3) is 0.375. The Kier molecular flexibility index (Phi) is 4.45. The van der Waals surface area contributed by atoms with E-state index in [1.165, 1.54) is 10.9 Å². The number of methoxy groups -OCH3 is 1. The second kappa shape index (κ2) is 6.69. The number of nitrogens with zero attached hydrogens (tertiary/aromatic N) is 3. The Labute approximate surface area is 138 Å². The Balaban J connectivity index is 1.66. The van der Waals surface area contributed by atoms with Crippen molar-refractivity contribution < 1.29 is 19.4 Å². The Morgan fingerprint density at radius 1 is 1.38 bits per heavy atom. The van der Waals surface area contributed by atoms with Crippen LogP contribution < -0.4 is 10.1 Å². The van der Waals surface area contributed by atoms with Crippen LogP contribution >= 0.6 is 0 Å². The van der Waals surface area contributed by atoms with Crippen molar-refractivity contribution >= 4 is 11.9 Å². The number of amides is 1. The molecular formula is C16H18N4O4. The maximum absolute atomic E-state index is 12.3. The Morgan fingerprint density at radius 3 is 2.62 bits per heavy atom. The maximum Gasteiger partial charge on any atom is 0.358 e. The van der Waals surface area contributed by atoms with Gasteiger partial charge < -0.3 is 15.2 Å². The second-order valence-corrected chi connectivity index (χ2v) is 5.76. The molecule has 0 spiro atoms. The summed E-state index contributed by atoms with van der Waals surface area (Å²) in [4.78, 5) is 23.0. The Hall–Kier alpha value is -2.90. The highest BCUT2D eigenvalue weighted by Crippen LogP contribution is 2.41. The molecule has 1 aromatic heterocycles. The Morgan fingerprint density at radius 2 is 2.08 bits per heavy atom. The first kappa shape index (κ1) is 16.0. The molecule has 1 amide bonds. The van der Waals surface area contributed by atoms with Gasteiger partial charge in [-0.15, -0.1) is 5.10 Å². The zero-order valence-electron chi connectivity index (χ0n) is 13.2. The number of rotatable bonds is 7. The predicted molar refractivity (Wildman–Crippen MR) is 83.6 cm³/mol. The zero-order valence-corrected chi connectivity index (χ0v) is 13.2. The van der Waals surface area contributed by atoms with Crippen molar-refractivity contribution in [2.75, 3.05) is 7.11 Å². The van der Waals surface area contributed by atoms with Gasteiger partial charge in [-0.05, 0) is 36.5 Å². The zero-order chi connectivity index (χ0) is 17.1. The number of nitrogens with one attached hydrogen (secondary N) is 1. The minimum absolute atomic E-state index is 0.0640. The van der Waals surface area contributed by atoms with Crippen LogP contribution in [0.3, 0.4) is 0 Å². The first-order valence-electron chi connectivity index (χ1n) is 7.63. The molecule has 1 atom stereocenters. The van der Waals surface area contributed by atoms with Gasteiger partial charge in [0.25, 0.3) is 0 Å². The van der Waals surface area contributed by atoms with Gasteiger partial charge in [-0.3, -0.25) is 4.79 Å². The lowest BCUT2D eigenvalue weighted by Gasteiger charge is -2.19. The van der Waals surface area contributed by atoms with E-state index in [1.54, 1.807) is 7.11 Å². The third-order valence-electron chi connectivity index (χ3n) is 3.95. The van der Waals surface area contributed by atoms with Crippen LogP contribution in [0.15, 0.2) is 30.5 Å². The van der Waals surface area contributed by atoms with Crippen LogP contribution in [0.4, 0.5) is 0 Å². The Bertz CT molecular complexity index is 737. The molecule has 126 valence electrons. The summed E-state index contributed by atoms with van der Waals surface area (Å²) < 4.78 is 6.37. The summed E-state index contributed by atoms with van der Waals surface area (Å²) >= 11 is 0. The normalized spacial score (nSPS) is 14.9. The number of hydrogen-bond donors (Lipinski definition) is 2. The number of benzene rings is 1. The molecule has 1 saturated carbocycles. The molecule has 1 heterocycles. The van der Waals surface area contributed by atoms with Crippen LogP contribution in [0, 0.1) is 5.92 Å². The molecule has 1 aliphatic rings. The fourth-order valence-electron chi connectivity index (χ4n) is 2.55. The van der Waals surface area contributed by atoms with Crippen molar-refractivity contribution in [2.45, 2.75) is 25.4 Å². The summed E-state index contributed by atoms with van der Waals surface area (Å²) in [6.07, 6.45) is 3.38. The molecule has 2 N–H and O–H groups in total. The van der Waals surface area contributed by atoms with Gasteiger partial charge >= 0.3 is 5.97 Å². The summed E-state index contributed by atoms with van der Waals surface area (Å²) in [6.45, 7) is -0.0698. The number of carboxylic acids is 1. The number of aromatic nitrogens is 3. The lowest BCUT2D eigenvalue weighted by molar-refractivity contribution is -0.122. The predicted octanol–water partition coefficient (Wildman–Crippen LogP) is 1.25. The molecule has 3 rings (SSSR count). The highest BCUT2D eigenvalue weighted by atomic mass is 16.5. The van der Waals surface area contributed by atoms with Gasteiger partial charge in [0.05, 0.1) is 19.3 Å². The molecule has 1 fully saturated rings. The number of aromatic carboxylic acids is 1. The quantitative estimate of drug-likeness (QED) is 0.791. The summed E-state index contributed by atoms with van der Waals surface area (Å²) in [5.41, 5.74) is 0.841. The molecule has 0 radical (unpaired) electrons. The molecule has 8 heteroatoms. The minimum Gasteiger partial charge on any atom is -0.497 e. The highest BCUT2D eigenvalue weighted by molar-refractivity contribution is 5.84. The van der Waals surface area contributed by atoms with Gasteiger partial charge in [-0.1, -0.05) is 17.3 Å². The van der Waals surface area contributed by atoms with E-state index < -0.39 is 5.97 Å². The largest absolute Gasteiger partial charge is 0.497 e. The van der Waals surface area contributed by atoms with Crippen molar-refractivity contribution in [3.63, 3.8) is 0 Å². The molecule has 0 bridgehead atoms. The van der Waals surface area contributed by atoms with E-state index in [0.29, 0.717) is 5.92 Å². The van der Waals surface area contributed by atoms with Crippen LogP contribution in [0.2, 0.25) is 0 Å². The molecule has 2 aromatic rings. The van der Waals surface area contributed by atoms with Crippen LogP contribution in [-0.2, 0) is 11.3 Å². The van der Waals surface area contributed by atoms with Gasteiger partial charge in [-0.2, -0.15) is 0 Å². The topological polar surface area (TPSA) is 106 Å². The van der Waals surface area contributed by atoms with E-state index in [2.05, 4.69) is 15.6 Å². The SMILES string of the molecule is COc1ccc(C(NC(=O)Cn2cc(C(=O)O)nn2)C2CC2)cc1. The van der Waals surface area contributed by atoms with Crippen LogP contribution in [0.1, 0.15) is 34.9 Å². The molecule has 24 heavy (non-hydrogen) atoms. The molecule has 8 nitrogen and oxygen atoms in total. The van der Waals surface area contributed by atoms with E-state index in [4.69, 9.17) is 9.84 Å². The number of carbonyl (C=O) groups excluding carboxylic acids is 1. The number of ether oxygens (including phenoxy) is 1. The molecule has 1 aliphatic carbocycles. The van der Waals surface area contributed by atoms with Crippen LogP contribution in [-0.4, -0.2) is 39.1 Å². The number of carboxylic acid groups (broad SMARTS) is 1. The smallest absolute Gasteiger partial charge is 0.358 e. The van der Waals surface area contributed by atoms with Crippen LogP contribution in [0.25, 0.3) is 0 Å². The van der Waals surface area contributed by atoms with Crippen molar-refractivity contribution in [1.82, 2.24) is 20.3 Å². The van der Waals surface area contributed by atoms with Crippen LogP contribution in [0.5, 0.6) is 5.75 Å². The van der Waals surface area contributed by atoms with Crippen molar-refractivity contribution in [1.29, 1.82) is 0 Å². The van der Waals surface area contributed by atoms with Crippen molar-refractivity contribution in [2.24, 2.45) is 5.92 Å². The van der Waals surface area contributed by atoms with Crippen molar-refractivity contribution in [3.05, 3.63) is 41.7 Å². The van der Waals surface area contributed by atoms with Gasteiger partial charge in [0.2, 0.25) is 5.91 Å². The van der Waals surface area contributed by atoms with Gasteiger partial charge in [0.15, 0.2) is 5.69 Å². The third-order valence-corrected chi connectivity index (χ3v) is 3.95. The third kappa shape index (κ3) is 3.70. The lowest BCUT2D eigenvalue weighted by Crippen LogP contribution is -2.32. The standard InChI is InChI=1S/C16H18N4O4/c1-24-12-6-4-11(5-7-12)15(10-2-3-10)17-14(21)9-20-8-13(16(22)23)18-19-20/h4-8,10,15H,2-3,9H2,1H3,(H,17,21)(H,22,23). The lowest BCUT2D eigenvalue weighted by atomic mass is 10.0. The van der Waals surface area contributed by atoms with E-state index in [9.17, 15) is 9.59 Å². The summed E-state index contributed by atoms with van der Waals surface area (Å²) in [5.74, 6) is -0.212.